The molecule has 0 atom stereocenters. The average Bonchev–Trinajstić information content (AvgIpc) is 2.99. The van der Waals surface area contributed by atoms with E-state index in [4.69, 9.17) is 4.74 Å². The molecule has 0 unspecified atom stereocenters. The summed E-state index contributed by atoms with van der Waals surface area (Å²) in [6.07, 6.45) is 29.1. The van der Waals surface area contributed by atoms with Crippen LogP contribution in [0.15, 0.2) is 12.1 Å². The summed E-state index contributed by atoms with van der Waals surface area (Å²) in [6, 6.07) is 8.65. The van der Waals surface area contributed by atoms with Crippen molar-refractivity contribution >= 4 is 0 Å². The molecule has 0 amide bonds. The van der Waals surface area contributed by atoms with Crippen LogP contribution in [0.5, 0.6) is 5.75 Å². The van der Waals surface area contributed by atoms with E-state index in [1.165, 1.54) is 122 Å². The van der Waals surface area contributed by atoms with Crippen LogP contribution in [-0.2, 0) is 6.42 Å². The van der Waals surface area contributed by atoms with Crippen LogP contribution in [0.2, 0.25) is 0 Å². The maximum Gasteiger partial charge on any atom is 0.138 e. The summed E-state index contributed by atoms with van der Waals surface area (Å²) in [7, 11) is 0. The van der Waals surface area contributed by atoms with Crippen LogP contribution in [0.25, 0.3) is 0 Å². The summed E-state index contributed by atoms with van der Waals surface area (Å²) in [5, 5.41) is 19.8. The highest BCUT2D eigenvalue weighted by molar-refractivity contribution is 5.57. The molecule has 3 nitrogen and oxygen atoms in total. The first-order valence-corrected chi connectivity index (χ1v) is 17.3. The lowest BCUT2D eigenvalue weighted by atomic mass is 9.77. The van der Waals surface area contributed by atoms with E-state index < -0.39 is 0 Å². The normalized spacial score (nSPS) is 22.9. The van der Waals surface area contributed by atoms with Crippen molar-refractivity contribution in [2.24, 2.45) is 23.7 Å². The third-order valence-corrected chi connectivity index (χ3v) is 10.2. The number of nitrogens with zero attached hydrogens (tertiary/aromatic N) is 2. The molecule has 1 aromatic rings. The molecule has 1 aromatic carbocycles. The second kappa shape index (κ2) is 19.2. The van der Waals surface area contributed by atoms with Crippen molar-refractivity contribution in [2.45, 2.75) is 155 Å². The standard InChI is InChI=1S/C37H58N2O/c1-3-5-7-8-10-13-31-15-17-32(18-16-31)14-11-27-40-37-26-25-34(35(28-38)36(37)29-39)24-23-33-21-19-30(20-22-33)12-9-6-4-2/h25-26,30-33H,3-24,27H2,1-2H3. The zero-order chi connectivity index (χ0) is 28.4. The Kier molecular flexibility index (Phi) is 15.6. The molecule has 0 aromatic heterocycles. The number of benzene rings is 1. The van der Waals surface area contributed by atoms with Gasteiger partial charge in [0.05, 0.1) is 12.2 Å². The number of nitriles is 2. The highest BCUT2D eigenvalue weighted by Gasteiger charge is 2.23. The van der Waals surface area contributed by atoms with Gasteiger partial charge in [-0.3, -0.25) is 0 Å². The molecule has 0 aliphatic heterocycles. The molecule has 2 aliphatic rings. The van der Waals surface area contributed by atoms with Gasteiger partial charge in [-0.15, -0.1) is 0 Å². The fourth-order valence-corrected chi connectivity index (χ4v) is 7.45. The number of aryl methyl sites for hydroxylation is 1. The van der Waals surface area contributed by atoms with Crippen LogP contribution in [0.1, 0.15) is 165 Å². The lowest BCUT2D eigenvalue weighted by Gasteiger charge is -2.28. The first-order chi connectivity index (χ1) is 19.7. The summed E-state index contributed by atoms with van der Waals surface area (Å²) >= 11 is 0. The maximum atomic E-state index is 9.93. The van der Waals surface area contributed by atoms with Gasteiger partial charge in [-0.25, -0.2) is 0 Å². The van der Waals surface area contributed by atoms with Gasteiger partial charge in [-0.2, -0.15) is 10.5 Å². The van der Waals surface area contributed by atoms with Crippen molar-refractivity contribution in [3.63, 3.8) is 0 Å². The van der Waals surface area contributed by atoms with Gasteiger partial charge in [-0.1, -0.05) is 135 Å². The van der Waals surface area contributed by atoms with Gasteiger partial charge in [0, 0.05) is 0 Å². The van der Waals surface area contributed by atoms with Gasteiger partial charge in [-0.05, 0) is 61.0 Å². The van der Waals surface area contributed by atoms with Crippen molar-refractivity contribution in [3.05, 3.63) is 28.8 Å². The lowest BCUT2D eigenvalue weighted by Crippen LogP contribution is -2.15. The highest BCUT2D eigenvalue weighted by atomic mass is 16.5. The number of unbranched alkanes of at least 4 members (excludes halogenated alkanes) is 6. The molecule has 0 heterocycles. The summed E-state index contributed by atoms with van der Waals surface area (Å²) < 4.78 is 6.10. The molecule has 3 heteroatoms. The van der Waals surface area contributed by atoms with E-state index >= 15 is 0 Å². The first kappa shape index (κ1) is 32.5. The molecule has 40 heavy (non-hydrogen) atoms. The average molecular weight is 547 g/mol. The molecule has 0 N–H and O–H groups in total. The Balaban J connectivity index is 1.36. The zero-order valence-electron chi connectivity index (χ0n) is 26.0. The number of rotatable bonds is 18. The van der Waals surface area contributed by atoms with E-state index in [9.17, 15) is 10.5 Å². The van der Waals surface area contributed by atoms with Crippen molar-refractivity contribution in [1.29, 1.82) is 10.5 Å². The Bertz CT molecular complexity index is 909. The van der Waals surface area contributed by atoms with Gasteiger partial charge in [0.25, 0.3) is 0 Å². The Morgan fingerprint density at radius 2 is 1.07 bits per heavy atom. The predicted molar refractivity (Wildman–Crippen MR) is 167 cm³/mol. The lowest BCUT2D eigenvalue weighted by molar-refractivity contribution is 0.227. The van der Waals surface area contributed by atoms with E-state index in [-0.39, 0.29) is 0 Å². The van der Waals surface area contributed by atoms with Crippen molar-refractivity contribution in [2.75, 3.05) is 6.61 Å². The van der Waals surface area contributed by atoms with Crippen molar-refractivity contribution < 1.29 is 4.74 Å². The van der Waals surface area contributed by atoms with E-state index in [1.807, 2.05) is 6.07 Å². The Morgan fingerprint density at radius 1 is 0.600 bits per heavy atom. The van der Waals surface area contributed by atoms with Gasteiger partial charge >= 0.3 is 0 Å². The third-order valence-electron chi connectivity index (χ3n) is 10.2. The Labute approximate surface area is 247 Å². The second-order valence-electron chi connectivity index (χ2n) is 13.2. The molecule has 0 bridgehead atoms. The Morgan fingerprint density at radius 3 is 1.62 bits per heavy atom. The van der Waals surface area contributed by atoms with Crippen molar-refractivity contribution in [1.82, 2.24) is 0 Å². The molecule has 2 fully saturated rings. The fraction of sp³-hybridized carbons (Fsp3) is 0.784. The van der Waals surface area contributed by atoms with E-state index in [0.29, 0.717) is 23.5 Å². The fourth-order valence-electron chi connectivity index (χ4n) is 7.45. The van der Waals surface area contributed by atoms with Crippen LogP contribution < -0.4 is 4.74 Å². The van der Waals surface area contributed by atoms with Crippen LogP contribution in [0.3, 0.4) is 0 Å². The summed E-state index contributed by atoms with van der Waals surface area (Å²) in [5.41, 5.74) is 2.01. The molecule has 0 spiro atoms. The number of hydrogen-bond acceptors (Lipinski definition) is 3. The Hall–Kier alpha value is -2.00. The maximum absolute atomic E-state index is 9.93. The minimum absolute atomic E-state index is 0.444. The van der Waals surface area contributed by atoms with Gasteiger partial charge in [0.1, 0.15) is 23.5 Å². The van der Waals surface area contributed by atoms with Crippen LogP contribution in [-0.4, -0.2) is 6.61 Å². The molecule has 2 aliphatic carbocycles. The van der Waals surface area contributed by atoms with E-state index in [0.717, 1.165) is 48.5 Å². The molecular formula is C37H58N2O. The van der Waals surface area contributed by atoms with Crippen LogP contribution >= 0.6 is 0 Å². The quantitative estimate of drug-likeness (QED) is 0.172. The third kappa shape index (κ3) is 11.1. The van der Waals surface area contributed by atoms with Crippen molar-refractivity contribution in [3.8, 4) is 17.9 Å². The summed E-state index contributed by atoms with van der Waals surface area (Å²) in [5.74, 6) is 4.08. The molecule has 0 radical (unpaired) electrons. The molecule has 3 rings (SSSR count). The van der Waals surface area contributed by atoms with Gasteiger partial charge < -0.3 is 4.74 Å². The largest absolute Gasteiger partial charge is 0.492 e. The van der Waals surface area contributed by atoms with Gasteiger partial charge in [0.15, 0.2) is 0 Å². The molecular weight excluding hydrogens is 488 g/mol. The molecule has 0 saturated heterocycles. The topological polar surface area (TPSA) is 56.8 Å². The van der Waals surface area contributed by atoms with Crippen LogP contribution in [0, 0.1) is 46.3 Å². The predicted octanol–water partition coefficient (Wildman–Crippen LogP) is 11.1. The highest BCUT2D eigenvalue weighted by Crippen LogP contribution is 2.36. The SMILES string of the molecule is CCCCCCCC1CCC(CCCOc2ccc(CCC3CCC(CCCCC)CC3)c(C#N)c2C#N)CC1. The number of hydrogen-bond donors (Lipinski definition) is 0. The van der Waals surface area contributed by atoms with E-state index in [1.54, 1.807) is 0 Å². The molecule has 222 valence electrons. The van der Waals surface area contributed by atoms with Gasteiger partial charge in [0.2, 0.25) is 0 Å². The van der Waals surface area contributed by atoms with E-state index in [2.05, 4.69) is 32.1 Å². The zero-order valence-corrected chi connectivity index (χ0v) is 26.0. The smallest absolute Gasteiger partial charge is 0.138 e. The molecule has 2 saturated carbocycles. The minimum atomic E-state index is 0.444. The monoisotopic (exact) mass is 546 g/mol. The summed E-state index contributed by atoms with van der Waals surface area (Å²) in [6.45, 7) is 5.21. The second-order valence-corrected chi connectivity index (χ2v) is 13.2. The minimum Gasteiger partial charge on any atom is -0.492 e. The first-order valence-electron chi connectivity index (χ1n) is 17.3. The summed E-state index contributed by atoms with van der Waals surface area (Å²) in [4.78, 5) is 0. The number of ether oxygens (including phenoxy) is 1. The van der Waals surface area contributed by atoms with Crippen LogP contribution in [0.4, 0.5) is 0 Å².